The average molecular weight is 268 g/mol. The second-order valence-corrected chi connectivity index (χ2v) is 5.74. The number of amides is 1. The molecule has 0 bridgehead atoms. The van der Waals surface area contributed by atoms with Gasteiger partial charge in [0.05, 0.1) is 18.7 Å². The van der Waals surface area contributed by atoms with E-state index < -0.39 is 5.60 Å². The van der Waals surface area contributed by atoms with Gasteiger partial charge in [-0.1, -0.05) is 23.7 Å². The number of aliphatic hydroxyl groups is 1. The summed E-state index contributed by atoms with van der Waals surface area (Å²) in [6.45, 7) is 4.59. The van der Waals surface area contributed by atoms with Crippen LogP contribution < -0.4 is 0 Å². The van der Waals surface area contributed by atoms with Crippen LogP contribution in [-0.4, -0.2) is 34.6 Å². The van der Waals surface area contributed by atoms with Gasteiger partial charge in [0, 0.05) is 11.4 Å². The van der Waals surface area contributed by atoms with E-state index in [9.17, 15) is 9.90 Å². The molecule has 0 aromatic heterocycles. The summed E-state index contributed by atoms with van der Waals surface area (Å²) in [6, 6.07) is 5.88. The zero-order valence-electron chi connectivity index (χ0n) is 10.7. The van der Waals surface area contributed by atoms with Gasteiger partial charge in [0.1, 0.15) is 0 Å². The van der Waals surface area contributed by atoms with E-state index in [0.29, 0.717) is 25.9 Å². The van der Waals surface area contributed by atoms with Crippen LogP contribution in [0.5, 0.6) is 0 Å². The van der Waals surface area contributed by atoms with Crippen molar-refractivity contribution < 1.29 is 9.90 Å². The Labute approximate surface area is 112 Å². The fourth-order valence-corrected chi connectivity index (χ4v) is 2.36. The zero-order valence-corrected chi connectivity index (χ0v) is 11.5. The van der Waals surface area contributed by atoms with Crippen molar-refractivity contribution in [2.45, 2.75) is 32.3 Å². The number of carbonyl (C=O) groups is 1. The van der Waals surface area contributed by atoms with Crippen LogP contribution in [0.4, 0.5) is 0 Å². The van der Waals surface area contributed by atoms with Crippen molar-refractivity contribution in [1.29, 1.82) is 0 Å². The van der Waals surface area contributed by atoms with E-state index >= 15 is 0 Å². The van der Waals surface area contributed by atoms with E-state index in [2.05, 4.69) is 0 Å². The summed E-state index contributed by atoms with van der Waals surface area (Å²) in [4.78, 5) is 13.5. The SMILES string of the molecule is Cc1ccc(CCC(=O)N2CC(C)(O)C2)cc1Cl. The molecule has 18 heavy (non-hydrogen) atoms. The lowest BCUT2D eigenvalue weighted by Gasteiger charge is -2.44. The summed E-state index contributed by atoms with van der Waals surface area (Å²) in [5.74, 6) is 0.0956. The Morgan fingerprint density at radius 3 is 2.72 bits per heavy atom. The number of likely N-dealkylation sites (tertiary alicyclic amines) is 1. The summed E-state index contributed by atoms with van der Waals surface area (Å²) in [5.41, 5.74) is 1.43. The molecule has 1 saturated heterocycles. The van der Waals surface area contributed by atoms with Gasteiger partial charge in [0.25, 0.3) is 0 Å². The Bertz CT molecular complexity index is 463. The molecular weight excluding hydrogens is 250 g/mol. The van der Waals surface area contributed by atoms with E-state index in [4.69, 9.17) is 11.6 Å². The molecule has 0 atom stereocenters. The molecule has 0 radical (unpaired) electrons. The van der Waals surface area contributed by atoms with Crippen molar-refractivity contribution in [2.75, 3.05) is 13.1 Å². The first-order valence-corrected chi connectivity index (χ1v) is 6.50. The van der Waals surface area contributed by atoms with Crippen LogP contribution in [0, 0.1) is 6.92 Å². The highest BCUT2D eigenvalue weighted by Crippen LogP contribution is 2.22. The predicted molar refractivity (Wildman–Crippen MR) is 71.7 cm³/mol. The van der Waals surface area contributed by atoms with Gasteiger partial charge in [-0.3, -0.25) is 4.79 Å². The Morgan fingerprint density at radius 2 is 2.17 bits per heavy atom. The molecule has 1 amide bonds. The molecule has 98 valence electrons. The van der Waals surface area contributed by atoms with Gasteiger partial charge in [0.15, 0.2) is 0 Å². The summed E-state index contributed by atoms with van der Waals surface area (Å²) < 4.78 is 0. The van der Waals surface area contributed by atoms with Crippen molar-refractivity contribution in [3.8, 4) is 0 Å². The average Bonchev–Trinajstić information content (AvgIpc) is 2.27. The fraction of sp³-hybridized carbons (Fsp3) is 0.500. The summed E-state index contributed by atoms with van der Waals surface area (Å²) in [6.07, 6.45) is 1.16. The molecule has 1 heterocycles. The Kier molecular flexibility index (Phi) is 3.64. The van der Waals surface area contributed by atoms with Gasteiger partial charge in [-0.15, -0.1) is 0 Å². The number of nitrogens with zero attached hydrogens (tertiary/aromatic N) is 1. The number of rotatable bonds is 3. The standard InChI is InChI=1S/C14H18ClNO2/c1-10-3-4-11(7-12(10)15)5-6-13(17)16-8-14(2,18)9-16/h3-4,7,18H,5-6,8-9H2,1-2H3. The Hall–Kier alpha value is -1.06. The van der Waals surface area contributed by atoms with Crippen LogP contribution in [0.25, 0.3) is 0 Å². The largest absolute Gasteiger partial charge is 0.386 e. The molecule has 1 N–H and O–H groups in total. The molecule has 0 unspecified atom stereocenters. The van der Waals surface area contributed by atoms with Gasteiger partial charge >= 0.3 is 0 Å². The van der Waals surface area contributed by atoms with Crippen LogP contribution in [0.15, 0.2) is 18.2 Å². The number of halogens is 1. The number of carbonyl (C=O) groups excluding carboxylic acids is 1. The van der Waals surface area contributed by atoms with E-state index in [-0.39, 0.29) is 5.91 Å². The van der Waals surface area contributed by atoms with E-state index in [0.717, 1.165) is 16.1 Å². The van der Waals surface area contributed by atoms with Gasteiger partial charge in [-0.25, -0.2) is 0 Å². The molecule has 0 aliphatic carbocycles. The van der Waals surface area contributed by atoms with Crippen molar-refractivity contribution >= 4 is 17.5 Å². The van der Waals surface area contributed by atoms with Gasteiger partial charge in [-0.05, 0) is 37.5 Å². The first kappa shape index (κ1) is 13.4. The van der Waals surface area contributed by atoms with E-state index in [1.807, 2.05) is 25.1 Å². The van der Waals surface area contributed by atoms with E-state index in [1.54, 1.807) is 11.8 Å². The maximum atomic E-state index is 11.8. The van der Waals surface area contributed by atoms with Crippen molar-refractivity contribution in [3.63, 3.8) is 0 Å². The molecule has 4 heteroatoms. The fourth-order valence-electron chi connectivity index (χ4n) is 2.15. The molecule has 1 aliphatic heterocycles. The Balaban J connectivity index is 1.84. The highest BCUT2D eigenvalue weighted by Gasteiger charge is 2.38. The molecule has 1 aliphatic rings. The Morgan fingerprint density at radius 1 is 1.50 bits per heavy atom. The lowest BCUT2D eigenvalue weighted by Crippen LogP contribution is -2.61. The first-order valence-electron chi connectivity index (χ1n) is 6.13. The second-order valence-electron chi connectivity index (χ2n) is 5.33. The highest BCUT2D eigenvalue weighted by atomic mass is 35.5. The molecular formula is C14H18ClNO2. The lowest BCUT2D eigenvalue weighted by molar-refractivity contribution is -0.152. The predicted octanol–water partition coefficient (Wildman–Crippen LogP) is 2.17. The minimum absolute atomic E-state index is 0.0956. The summed E-state index contributed by atoms with van der Waals surface area (Å²) >= 11 is 6.04. The smallest absolute Gasteiger partial charge is 0.223 e. The number of hydrogen-bond acceptors (Lipinski definition) is 2. The lowest BCUT2D eigenvalue weighted by atomic mass is 9.96. The van der Waals surface area contributed by atoms with Gasteiger partial charge in [0.2, 0.25) is 5.91 Å². The quantitative estimate of drug-likeness (QED) is 0.912. The van der Waals surface area contributed by atoms with Gasteiger partial charge < -0.3 is 10.0 Å². The third-order valence-corrected chi connectivity index (χ3v) is 3.69. The number of benzene rings is 1. The first-order chi connectivity index (χ1) is 8.37. The van der Waals surface area contributed by atoms with Crippen LogP contribution in [0.2, 0.25) is 5.02 Å². The molecule has 3 nitrogen and oxygen atoms in total. The van der Waals surface area contributed by atoms with Crippen molar-refractivity contribution in [2.24, 2.45) is 0 Å². The zero-order chi connectivity index (χ0) is 13.3. The minimum atomic E-state index is -0.692. The van der Waals surface area contributed by atoms with E-state index in [1.165, 1.54) is 0 Å². The molecule has 0 spiro atoms. The van der Waals surface area contributed by atoms with Gasteiger partial charge in [-0.2, -0.15) is 0 Å². The maximum Gasteiger partial charge on any atom is 0.223 e. The van der Waals surface area contributed by atoms with Crippen LogP contribution in [0.3, 0.4) is 0 Å². The second kappa shape index (κ2) is 4.90. The van der Waals surface area contributed by atoms with Crippen LogP contribution in [0.1, 0.15) is 24.5 Å². The molecule has 0 saturated carbocycles. The molecule has 1 aromatic carbocycles. The monoisotopic (exact) mass is 267 g/mol. The molecule has 1 fully saturated rings. The summed E-state index contributed by atoms with van der Waals surface area (Å²) in [5, 5.41) is 10.3. The van der Waals surface area contributed by atoms with Crippen molar-refractivity contribution in [1.82, 2.24) is 4.90 Å². The third kappa shape index (κ3) is 3.03. The normalized spacial score (nSPS) is 17.4. The van der Waals surface area contributed by atoms with Crippen LogP contribution >= 0.6 is 11.6 Å². The molecule has 2 rings (SSSR count). The number of aryl methyl sites for hydroxylation is 2. The number of β-amino-alcohol motifs (C(OH)–C–C–N with tert-alkyl or cyclic N) is 1. The van der Waals surface area contributed by atoms with Crippen molar-refractivity contribution in [3.05, 3.63) is 34.3 Å². The third-order valence-electron chi connectivity index (χ3n) is 3.28. The maximum absolute atomic E-state index is 11.8. The van der Waals surface area contributed by atoms with Crippen LogP contribution in [-0.2, 0) is 11.2 Å². The highest BCUT2D eigenvalue weighted by molar-refractivity contribution is 6.31. The minimum Gasteiger partial charge on any atom is -0.386 e. The molecule has 1 aromatic rings. The number of hydrogen-bond donors (Lipinski definition) is 1. The topological polar surface area (TPSA) is 40.5 Å². The summed E-state index contributed by atoms with van der Waals surface area (Å²) in [7, 11) is 0.